The van der Waals surface area contributed by atoms with Gasteiger partial charge in [0.05, 0.1) is 0 Å². The molecule has 0 aliphatic heterocycles. The molecule has 0 radical (unpaired) electrons. The average molecular weight is 1160 g/mol. The molecular weight excluding hydrogens is 1020 g/mol. The van der Waals surface area contributed by atoms with Gasteiger partial charge in [0, 0.05) is 19.3 Å². The van der Waals surface area contributed by atoms with Crippen molar-refractivity contribution in [2.24, 2.45) is 0 Å². The van der Waals surface area contributed by atoms with Crippen molar-refractivity contribution >= 4 is 17.9 Å². The number of ether oxygens (including phenoxy) is 3. The van der Waals surface area contributed by atoms with Crippen LogP contribution in [0.2, 0.25) is 0 Å². The van der Waals surface area contributed by atoms with Crippen molar-refractivity contribution in [2.45, 2.75) is 399 Å². The van der Waals surface area contributed by atoms with Crippen molar-refractivity contribution in [3.8, 4) is 0 Å². The molecule has 0 saturated heterocycles. The van der Waals surface area contributed by atoms with Crippen LogP contribution in [0.3, 0.4) is 0 Å². The largest absolute Gasteiger partial charge is 0.462 e. The predicted molar refractivity (Wildman–Crippen MR) is 362 cm³/mol. The number of unbranched alkanes of at least 4 members (excludes halogenated alkanes) is 47. The quantitative estimate of drug-likeness (QED) is 0.0261. The maximum absolute atomic E-state index is 13.0. The van der Waals surface area contributed by atoms with Gasteiger partial charge in [-0.05, 0) is 70.6 Å². The summed E-state index contributed by atoms with van der Waals surface area (Å²) in [7, 11) is 0. The summed E-state index contributed by atoms with van der Waals surface area (Å²) >= 11 is 0. The zero-order valence-corrected chi connectivity index (χ0v) is 55.7. The fourth-order valence-electron chi connectivity index (χ4n) is 11.0. The Labute approximate surface area is 517 Å². The lowest BCUT2D eigenvalue weighted by molar-refractivity contribution is -0.166. The van der Waals surface area contributed by atoms with Crippen LogP contribution in [0.15, 0.2) is 60.8 Å². The van der Waals surface area contributed by atoms with Crippen molar-refractivity contribution < 1.29 is 28.6 Å². The Morgan fingerprint density at radius 2 is 0.494 bits per heavy atom. The summed E-state index contributed by atoms with van der Waals surface area (Å²) in [4.78, 5) is 38.4. The van der Waals surface area contributed by atoms with Gasteiger partial charge in [-0.3, -0.25) is 14.4 Å². The van der Waals surface area contributed by atoms with E-state index in [1.807, 2.05) is 6.08 Å². The summed E-state index contributed by atoms with van der Waals surface area (Å²) < 4.78 is 16.9. The van der Waals surface area contributed by atoms with Crippen LogP contribution in [0, 0.1) is 0 Å². The highest BCUT2D eigenvalue weighted by Crippen LogP contribution is 2.19. The van der Waals surface area contributed by atoms with E-state index < -0.39 is 6.10 Å². The molecule has 0 heterocycles. The minimum atomic E-state index is -0.802. The minimum absolute atomic E-state index is 0.0914. The van der Waals surface area contributed by atoms with Gasteiger partial charge in [-0.1, -0.05) is 364 Å². The highest BCUT2D eigenvalue weighted by molar-refractivity contribution is 5.71. The van der Waals surface area contributed by atoms with Gasteiger partial charge in [-0.15, -0.1) is 0 Å². The second-order valence-electron chi connectivity index (χ2n) is 24.8. The standard InChI is InChI=1S/C77H140O6/c1-4-7-10-13-16-19-22-25-27-29-31-33-35-36-37-38-39-40-42-43-45-47-49-52-55-58-61-64-67-70-76(79)82-73-74(72-81-75(78)69-66-63-60-57-54-51-24-21-18-15-12-9-6-3)83-77(80)71-68-65-62-59-56-53-50-48-46-44-41-34-32-30-28-26-23-20-17-14-11-8-5-2/h9,12,18,21,29,31,51,54,60,63,74H,4-8,10-11,13-17,19-20,22-28,30,32-50,52-53,55-59,61-62,64-73H2,1-3H3/b12-9-,21-18-,31-29-,54-51-,63-60-. The number of carbonyl (C=O) groups is 3. The zero-order chi connectivity index (χ0) is 59.9. The van der Waals surface area contributed by atoms with Crippen molar-refractivity contribution in [1.29, 1.82) is 0 Å². The van der Waals surface area contributed by atoms with Crippen LogP contribution in [0.5, 0.6) is 0 Å². The van der Waals surface area contributed by atoms with Crippen molar-refractivity contribution in [2.75, 3.05) is 13.2 Å². The lowest BCUT2D eigenvalue weighted by atomic mass is 10.0. The number of carbonyl (C=O) groups excluding carboxylic acids is 3. The number of esters is 3. The maximum Gasteiger partial charge on any atom is 0.306 e. The van der Waals surface area contributed by atoms with Gasteiger partial charge in [0.2, 0.25) is 0 Å². The summed E-state index contributed by atoms with van der Waals surface area (Å²) in [6.45, 7) is 6.53. The van der Waals surface area contributed by atoms with Crippen molar-refractivity contribution in [1.82, 2.24) is 0 Å². The number of rotatable bonds is 68. The molecule has 0 spiro atoms. The van der Waals surface area contributed by atoms with Crippen molar-refractivity contribution in [3.05, 3.63) is 60.8 Å². The smallest absolute Gasteiger partial charge is 0.306 e. The Morgan fingerprint density at radius 3 is 0.807 bits per heavy atom. The number of hydrogen-bond donors (Lipinski definition) is 0. The minimum Gasteiger partial charge on any atom is -0.462 e. The van der Waals surface area contributed by atoms with Crippen molar-refractivity contribution in [3.63, 3.8) is 0 Å². The fraction of sp³-hybridized carbons (Fsp3) is 0.831. The van der Waals surface area contributed by atoms with Gasteiger partial charge in [-0.2, -0.15) is 0 Å². The normalized spacial score (nSPS) is 12.4. The summed E-state index contributed by atoms with van der Waals surface area (Å²) in [6.07, 6.45) is 92.9. The van der Waals surface area contributed by atoms with Gasteiger partial charge < -0.3 is 14.2 Å². The van der Waals surface area contributed by atoms with Crippen LogP contribution in [0.25, 0.3) is 0 Å². The highest BCUT2D eigenvalue weighted by Gasteiger charge is 2.19. The third kappa shape index (κ3) is 69.8. The summed E-state index contributed by atoms with van der Waals surface area (Å²) in [5, 5.41) is 0. The monoisotopic (exact) mass is 1160 g/mol. The molecule has 83 heavy (non-hydrogen) atoms. The van der Waals surface area contributed by atoms with E-state index in [0.29, 0.717) is 19.3 Å². The topological polar surface area (TPSA) is 78.9 Å². The first kappa shape index (κ1) is 80.1. The molecule has 0 amide bonds. The molecule has 0 aliphatic rings. The molecule has 0 aliphatic carbocycles. The second kappa shape index (κ2) is 71.6. The SMILES string of the molecule is CC/C=C\C/C=C\C/C=C\C/C=C\CCC(=O)OCC(COC(=O)CCCCCCCCCCCCCCCCCCC/C=C\CCCCCCCCCC)OC(=O)CCCCCCCCCCCCCCCCCCCCCCCCC. The number of allylic oxidation sites excluding steroid dienone is 10. The number of hydrogen-bond acceptors (Lipinski definition) is 6. The third-order valence-corrected chi connectivity index (χ3v) is 16.5. The van der Waals surface area contributed by atoms with Gasteiger partial charge in [0.1, 0.15) is 13.2 Å². The third-order valence-electron chi connectivity index (χ3n) is 16.5. The molecular formula is C77H140O6. The summed E-state index contributed by atoms with van der Waals surface area (Å²) in [5.41, 5.74) is 0. The fourth-order valence-corrected chi connectivity index (χ4v) is 11.0. The first-order valence-corrected chi connectivity index (χ1v) is 36.8. The van der Waals surface area contributed by atoms with Crippen LogP contribution in [0.1, 0.15) is 393 Å². The molecule has 0 saturated carbocycles. The second-order valence-corrected chi connectivity index (χ2v) is 24.8. The van der Waals surface area contributed by atoms with Crippen LogP contribution >= 0.6 is 0 Å². The molecule has 6 heteroatoms. The van der Waals surface area contributed by atoms with Gasteiger partial charge in [0.15, 0.2) is 6.10 Å². The average Bonchev–Trinajstić information content (AvgIpc) is 3.49. The van der Waals surface area contributed by atoms with E-state index in [1.54, 1.807) is 0 Å². The predicted octanol–water partition coefficient (Wildman–Crippen LogP) is 25.5. The zero-order valence-electron chi connectivity index (χ0n) is 55.7. The first-order chi connectivity index (χ1) is 41.0. The van der Waals surface area contributed by atoms with E-state index in [0.717, 1.165) is 64.2 Å². The molecule has 6 nitrogen and oxygen atoms in total. The van der Waals surface area contributed by atoms with Crippen LogP contribution in [-0.4, -0.2) is 37.2 Å². The summed E-state index contributed by atoms with van der Waals surface area (Å²) in [6, 6.07) is 0. The Balaban J connectivity index is 4.21. The molecule has 0 bridgehead atoms. The Hall–Kier alpha value is -2.89. The van der Waals surface area contributed by atoms with E-state index in [4.69, 9.17) is 14.2 Å². The molecule has 484 valence electrons. The van der Waals surface area contributed by atoms with E-state index in [-0.39, 0.29) is 37.5 Å². The molecule has 0 N–H and O–H groups in total. The highest BCUT2D eigenvalue weighted by atomic mass is 16.6. The van der Waals surface area contributed by atoms with E-state index in [1.165, 1.54) is 283 Å². The van der Waals surface area contributed by atoms with Crippen LogP contribution < -0.4 is 0 Å². The Bertz CT molecular complexity index is 1470. The van der Waals surface area contributed by atoms with E-state index in [9.17, 15) is 14.4 Å². The molecule has 1 unspecified atom stereocenters. The molecule has 0 aromatic carbocycles. The summed E-state index contributed by atoms with van der Waals surface area (Å²) in [5.74, 6) is -0.951. The lowest BCUT2D eigenvalue weighted by Crippen LogP contribution is -2.30. The van der Waals surface area contributed by atoms with Crippen LogP contribution in [-0.2, 0) is 28.6 Å². The molecule has 1 atom stereocenters. The van der Waals surface area contributed by atoms with Crippen LogP contribution in [0.4, 0.5) is 0 Å². The van der Waals surface area contributed by atoms with E-state index >= 15 is 0 Å². The molecule has 0 aromatic rings. The Morgan fingerprint density at radius 1 is 0.253 bits per heavy atom. The maximum atomic E-state index is 13.0. The lowest BCUT2D eigenvalue weighted by Gasteiger charge is -2.18. The first-order valence-electron chi connectivity index (χ1n) is 36.8. The molecule has 0 rings (SSSR count). The molecule has 0 fully saturated rings. The Kier molecular flexibility index (Phi) is 69.1. The van der Waals surface area contributed by atoms with Gasteiger partial charge >= 0.3 is 17.9 Å². The molecule has 0 aromatic heterocycles. The van der Waals surface area contributed by atoms with Gasteiger partial charge in [0.25, 0.3) is 0 Å². The van der Waals surface area contributed by atoms with Gasteiger partial charge in [-0.25, -0.2) is 0 Å². The van der Waals surface area contributed by atoms with E-state index in [2.05, 4.69) is 75.5 Å².